The summed E-state index contributed by atoms with van der Waals surface area (Å²) in [5, 5.41) is 10.1. The summed E-state index contributed by atoms with van der Waals surface area (Å²) in [7, 11) is 0.0977. The van der Waals surface area contributed by atoms with Crippen LogP contribution in [0.5, 0.6) is 0 Å². The van der Waals surface area contributed by atoms with Gasteiger partial charge in [-0.25, -0.2) is 0 Å². The van der Waals surface area contributed by atoms with Crippen molar-refractivity contribution in [1.29, 1.82) is 0 Å². The molecule has 0 saturated carbocycles. The van der Waals surface area contributed by atoms with Crippen molar-refractivity contribution in [1.82, 2.24) is 0 Å². The number of aryl methyl sites for hydroxylation is 1. The molecule has 2 rings (SSSR count). The SMILES string of the molecule is COC[C@H]1O[C@H](O)[C@H](OC)[C@@H](OS(=O)(=O)c2ccc(C)cc2)[C@@H]1OC. The van der Waals surface area contributed by atoms with Crippen molar-refractivity contribution in [3.8, 4) is 0 Å². The Kier molecular flexibility index (Phi) is 6.92. The lowest BCUT2D eigenvalue weighted by Crippen LogP contribution is -2.61. The Labute approximate surface area is 147 Å². The van der Waals surface area contributed by atoms with Crippen LogP contribution in [0.4, 0.5) is 0 Å². The molecule has 9 heteroatoms. The summed E-state index contributed by atoms with van der Waals surface area (Å²) in [6.45, 7) is 1.94. The Hall–Kier alpha value is -1.07. The predicted octanol–water partition coefficient (Wildman–Crippen LogP) is 0.463. The lowest BCUT2D eigenvalue weighted by molar-refractivity contribution is -0.291. The van der Waals surface area contributed by atoms with Crippen molar-refractivity contribution in [2.75, 3.05) is 27.9 Å². The van der Waals surface area contributed by atoms with E-state index in [0.717, 1.165) is 5.56 Å². The molecule has 1 aliphatic rings. The van der Waals surface area contributed by atoms with Crippen LogP contribution in [-0.2, 0) is 33.2 Å². The normalized spacial score (nSPS) is 30.4. The molecule has 142 valence electrons. The Morgan fingerprint density at radius 2 is 1.64 bits per heavy atom. The number of rotatable bonds is 7. The average Bonchev–Trinajstić information content (AvgIpc) is 2.55. The zero-order chi connectivity index (χ0) is 18.6. The molecule has 0 radical (unpaired) electrons. The van der Waals surface area contributed by atoms with Crippen LogP contribution in [0.2, 0.25) is 0 Å². The molecule has 0 aliphatic carbocycles. The molecule has 1 N–H and O–H groups in total. The third-order valence-electron chi connectivity index (χ3n) is 4.03. The van der Waals surface area contributed by atoms with Gasteiger partial charge in [-0.15, -0.1) is 0 Å². The van der Waals surface area contributed by atoms with E-state index in [0.29, 0.717) is 0 Å². The summed E-state index contributed by atoms with van der Waals surface area (Å²) in [6, 6.07) is 6.25. The highest BCUT2D eigenvalue weighted by atomic mass is 32.2. The smallest absolute Gasteiger partial charge is 0.297 e. The summed E-state index contributed by atoms with van der Waals surface area (Å²) >= 11 is 0. The molecule has 0 unspecified atom stereocenters. The van der Waals surface area contributed by atoms with Gasteiger partial charge in [-0.2, -0.15) is 8.42 Å². The molecule has 1 aromatic carbocycles. The standard InChI is InChI=1S/C16H24O8S/c1-10-5-7-11(8-6-10)25(18,19)24-14-13(21-3)12(9-20-2)23-16(17)15(14)22-4/h5-8,12-17H,9H2,1-4H3/t12-,13-,14+,15-,16+/m1/s1. The highest BCUT2D eigenvalue weighted by Crippen LogP contribution is 2.29. The first kappa shape index (κ1) is 20.2. The minimum Gasteiger partial charge on any atom is -0.382 e. The van der Waals surface area contributed by atoms with Gasteiger partial charge in [-0.3, -0.25) is 4.18 Å². The Balaban J connectivity index is 2.32. The second-order valence-electron chi connectivity index (χ2n) is 5.75. The van der Waals surface area contributed by atoms with Crippen molar-refractivity contribution in [3.05, 3.63) is 29.8 Å². The third-order valence-corrected chi connectivity index (χ3v) is 5.36. The zero-order valence-electron chi connectivity index (χ0n) is 14.6. The molecule has 25 heavy (non-hydrogen) atoms. The fourth-order valence-corrected chi connectivity index (χ4v) is 3.84. The topological polar surface area (TPSA) is 101 Å². The molecular weight excluding hydrogens is 352 g/mol. The molecule has 8 nitrogen and oxygen atoms in total. The number of ether oxygens (including phenoxy) is 4. The van der Waals surface area contributed by atoms with Crippen molar-refractivity contribution >= 4 is 10.1 Å². The van der Waals surface area contributed by atoms with Gasteiger partial charge in [0.15, 0.2) is 6.29 Å². The summed E-state index contributed by atoms with van der Waals surface area (Å²) in [4.78, 5) is 0.00655. The highest BCUT2D eigenvalue weighted by molar-refractivity contribution is 7.86. The van der Waals surface area contributed by atoms with Gasteiger partial charge >= 0.3 is 0 Å². The summed E-state index contributed by atoms with van der Waals surface area (Å²) in [6.07, 6.45) is -5.05. The summed E-state index contributed by atoms with van der Waals surface area (Å²) in [5.74, 6) is 0. The number of hydrogen-bond acceptors (Lipinski definition) is 8. The van der Waals surface area contributed by atoms with Crippen LogP contribution in [0.15, 0.2) is 29.2 Å². The largest absolute Gasteiger partial charge is 0.382 e. The first-order valence-electron chi connectivity index (χ1n) is 7.72. The van der Waals surface area contributed by atoms with Crippen molar-refractivity contribution in [2.24, 2.45) is 0 Å². The molecule has 1 heterocycles. The van der Waals surface area contributed by atoms with Crippen LogP contribution < -0.4 is 0 Å². The van der Waals surface area contributed by atoms with E-state index in [1.807, 2.05) is 6.92 Å². The third kappa shape index (κ3) is 4.56. The molecule has 0 bridgehead atoms. The van der Waals surface area contributed by atoms with Gasteiger partial charge in [0.25, 0.3) is 10.1 Å². The number of aliphatic hydroxyl groups excluding tert-OH is 1. The van der Waals surface area contributed by atoms with Crippen molar-refractivity contribution in [3.63, 3.8) is 0 Å². The molecular formula is C16H24O8S. The lowest BCUT2D eigenvalue weighted by Gasteiger charge is -2.42. The second kappa shape index (κ2) is 8.54. The molecule has 0 aromatic heterocycles. The second-order valence-corrected chi connectivity index (χ2v) is 7.32. The highest BCUT2D eigenvalue weighted by Gasteiger charge is 2.49. The Bertz CT molecular complexity index is 645. The maximum atomic E-state index is 12.6. The van der Waals surface area contributed by atoms with E-state index in [2.05, 4.69) is 0 Å². The van der Waals surface area contributed by atoms with E-state index < -0.39 is 40.8 Å². The number of methoxy groups -OCH3 is 3. The maximum absolute atomic E-state index is 12.6. The van der Waals surface area contributed by atoms with Gasteiger partial charge in [0, 0.05) is 21.3 Å². The van der Waals surface area contributed by atoms with Gasteiger partial charge in [0.05, 0.1) is 11.5 Å². The van der Waals surface area contributed by atoms with E-state index >= 15 is 0 Å². The van der Waals surface area contributed by atoms with Gasteiger partial charge in [0.2, 0.25) is 0 Å². The molecule has 1 aliphatic heterocycles. The minimum absolute atomic E-state index is 0.00655. The zero-order valence-corrected chi connectivity index (χ0v) is 15.4. The first-order chi connectivity index (χ1) is 11.8. The predicted molar refractivity (Wildman–Crippen MR) is 87.6 cm³/mol. The van der Waals surface area contributed by atoms with Gasteiger partial charge in [-0.1, -0.05) is 17.7 Å². The van der Waals surface area contributed by atoms with Crippen LogP contribution in [0.1, 0.15) is 5.56 Å². The van der Waals surface area contributed by atoms with Crippen molar-refractivity contribution in [2.45, 2.75) is 42.5 Å². The number of hydrogen-bond donors (Lipinski definition) is 1. The Morgan fingerprint density at radius 3 is 2.16 bits per heavy atom. The first-order valence-corrected chi connectivity index (χ1v) is 9.13. The van der Waals surface area contributed by atoms with Crippen LogP contribution >= 0.6 is 0 Å². The van der Waals surface area contributed by atoms with Crippen LogP contribution in [0.25, 0.3) is 0 Å². The molecule has 5 atom stereocenters. The van der Waals surface area contributed by atoms with Crippen LogP contribution in [0, 0.1) is 6.92 Å². The Morgan fingerprint density at radius 1 is 1.04 bits per heavy atom. The van der Waals surface area contributed by atoms with Crippen LogP contribution in [0.3, 0.4) is 0 Å². The summed E-state index contributed by atoms with van der Waals surface area (Å²) < 4.78 is 51.6. The van der Waals surface area contributed by atoms with E-state index in [9.17, 15) is 13.5 Å². The lowest BCUT2D eigenvalue weighted by atomic mass is 9.99. The molecule has 0 spiro atoms. The fraction of sp³-hybridized carbons (Fsp3) is 0.625. The fourth-order valence-electron chi connectivity index (χ4n) is 2.75. The van der Waals surface area contributed by atoms with Gasteiger partial charge < -0.3 is 24.1 Å². The number of benzene rings is 1. The van der Waals surface area contributed by atoms with Gasteiger partial charge in [0.1, 0.15) is 24.4 Å². The van der Waals surface area contributed by atoms with Gasteiger partial charge in [-0.05, 0) is 19.1 Å². The molecule has 1 aromatic rings. The van der Waals surface area contributed by atoms with E-state index in [-0.39, 0.29) is 11.5 Å². The quantitative estimate of drug-likeness (QED) is 0.685. The molecule has 1 saturated heterocycles. The average molecular weight is 376 g/mol. The van der Waals surface area contributed by atoms with Crippen LogP contribution in [-0.4, -0.2) is 72.2 Å². The molecule has 0 amide bonds. The maximum Gasteiger partial charge on any atom is 0.297 e. The number of aliphatic hydroxyl groups is 1. The minimum atomic E-state index is -4.09. The van der Waals surface area contributed by atoms with Crippen molar-refractivity contribution < 1.29 is 36.7 Å². The van der Waals surface area contributed by atoms with E-state index in [1.165, 1.54) is 33.5 Å². The van der Waals surface area contributed by atoms with E-state index in [4.69, 9.17) is 23.1 Å². The molecule has 1 fully saturated rings. The van der Waals surface area contributed by atoms with E-state index in [1.54, 1.807) is 12.1 Å². The monoisotopic (exact) mass is 376 g/mol. The summed E-state index contributed by atoms with van der Waals surface area (Å²) in [5.41, 5.74) is 0.921.